The molecule has 0 saturated carbocycles. The molecule has 0 atom stereocenters. The molecule has 2 N–H and O–H groups in total. The zero-order valence-corrected chi connectivity index (χ0v) is 11.8. The van der Waals surface area contributed by atoms with Crippen LogP contribution in [0.4, 0.5) is 0 Å². The van der Waals surface area contributed by atoms with Crippen LogP contribution in [0.3, 0.4) is 0 Å². The molecule has 1 rings (SSSR count). The topological polar surface area (TPSA) is 83.5 Å². The van der Waals surface area contributed by atoms with Gasteiger partial charge in [-0.15, -0.1) is 17.8 Å². The van der Waals surface area contributed by atoms with E-state index in [0.717, 1.165) is 17.4 Å². The number of carboxylic acids is 1. The van der Waals surface area contributed by atoms with E-state index in [2.05, 4.69) is 10.6 Å². The Morgan fingerprint density at radius 3 is 2.50 bits per heavy atom. The monoisotopic (exact) mass is 287 g/mol. The summed E-state index contributed by atoms with van der Waals surface area (Å²) in [5.41, 5.74) is -1.03. The van der Waals surface area contributed by atoms with Crippen LogP contribution in [-0.4, -0.2) is 25.0 Å². The normalized spacial score (nSPS) is 12.1. The lowest BCUT2D eigenvalue weighted by Crippen LogP contribution is -2.42. The number of hydrogen-bond donors (Lipinski definition) is 2. The summed E-state index contributed by atoms with van der Waals surface area (Å²) in [5.74, 6) is 1.16. The number of aryl methyl sites for hydroxylation is 1. The van der Waals surface area contributed by atoms with E-state index in [1.165, 1.54) is 0 Å². The molecule has 7 heteroatoms. The number of rotatable bonds is 4. The Balaban J connectivity index is 3.22. The minimum Gasteiger partial charge on any atom is -0.477 e. The van der Waals surface area contributed by atoms with Crippen molar-refractivity contribution in [2.45, 2.75) is 31.2 Å². The summed E-state index contributed by atoms with van der Waals surface area (Å²) in [4.78, 5) is 11.1. The molecular formula is C11H13NO4S2. The summed E-state index contributed by atoms with van der Waals surface area (Å²) in [7, 11) is -3.82. The predicted octanol–water partition coefficient (Wildman–Crippen LogP) is 1.44. The molecule has 0 aromatic carbocycles. The third-order valence-electron chi connectivity index (χ3n) is 2.12. The number of aromatic carboxylic acids is 1. The van der Waals surface area contributed by atoms with E-state index >= 15 is 0 Å². The maximum Gasteiger partial charge on any atom is 0.345 e. The van der Waals surface area contributed by atoms with Crippen LogP contribution < -0.4 is 4.72 Å². The number of nitrogens with one attached hydrogen (secondary N) is 1. The maximum absolute atomic E-state index is 12.1. The number of carbonyl (C=O) groups is 1. The highest BCUT2D eigenvalue weighted by molar-refractivity contribution is 7.89. The molecule has 0 saturated heterocycles. The minimum atomic E-state index is -3.82. The van der Waals surface area contributed by atoms with E-state index in [1.54, 1.807) is 20.8 Å². The van der Waals surface area contributed by atoms with Gasteiger partial charge in [-0.3, -0.25) is 0 Å². The van der Waals surface area contributed by atoms with Crippen LogP contribution in [-0.2, 0) is 10.0 Å². The molecule has 0 aliphatic heterocycles. The van der Waals surface area contributed by atoms with Crippen LogP contribution in [0.25, 0.3) is 0 Å². The third kappa shape index (κ3) is 3.10. The third-order valence-corrected chi connectivity index (χ3v) is 5.07. The smallest absolute Gasteiger partial charge is 0.345 e. The van der Waals surface area contributed by atoms with Gasteiger partial charge in [0, 0.05) is 4.88 Å². The molecule has 18 heavy (non-hydrogen) atoms. The van der Waals surface area contributed by atoms with Crippen molar-refractivity contribution in [1.29, 1.82) is 0 Å². The Morgan fingerprint density at radius 1 is 1.56 bits per heavy atom. The summed E-state index contributed by atoms with van der Waals surface area (Å²) < 4.78 is 26.5. The second kappa shape index (κ2) is 4.72. The van der Waals surface area contributed by atoms with E-state index in [1.807, 2.05) is 0 Å². The van der Waals surface area contributed by atoms with Gasteiger partial charge in [0.15, 0.2) is 0 Å². The highest BCUT2D eigenvalue weighted by Crippen LogP contribution is 2.26. The fraction of sp³-hybridized carbons (Fsp3) is 0.364. The zero-order valence-electron chi connectivity index (χ0n) is 10.1. The van der Waals surface area contributed by atoms with E-state index in [4.69, 9.17) is 11.5 Å². The van der Waals surface area contributed by atoms with Gasteiger partial charge in [-0.25, -0.2) is 13.2 Å². The van der Waals surface area contributed by atoms with Crippen LogP contribution in [0.1, 0.15) is 28.4 Å². The lowest BCUT2D eigenvalue weighted by molar-refractivity contribution is 0.0702. The molecule has 0 aliphatic carbocycles. The van der Waals surface area contributed by atoms with Gasteiger partial charge >= 0.3 is 5.97 Å². The van der Waals surface area contributed by atoms with Crippen LogP contribution >= 0.6 is 11.3 Å². The molecule has 0 spiro atoms. The predicted molar refractivity (Wildman–Crippen MR) is 69.2 cm³/mol. The Bertz CT molecular complexity index is 620. The average molecular weight is 287 g/mol. The summed E-state index contributed by atoms with van der Waals surface area (Å²) in [5, 5.41) is 8.83. The Hall–Kier alpha value is -1.36. The molecule has 1 aromatic rings. The van der Waals surface area contributed by atoms with E-state index in [9.17, 15) is 13.2 Å². The van der Waals surface area contributed by atoms with Gasteiger partial charge < -0.3 is 5.11 Å². The van der Waals surface area contributed by atoms with Crippen molar-refractivity contribution in [1.82, 2.24) is 4.72 Å². The first-order valence-electron chi connectivity index (χ1n) is 4.94. The number of carboxylic acid groups (broad SMARTS) is 1. The van der Waals surface area contributed by atoms with E-state index < -0.39 is 21.5 Å². The summed E-state index contributed by atoms with van der Waals surface area (Å²) in [6.07, 6.45) is 5.21. The molecule has 98 valence electrons. The second-order valence-corrected chi connectivity index (χ2v) is 7.12. The number of thiophene rings is 1. The van der Waals surface area contributed by atoms with Crippen molar-refractivity contribution in [3.63, 3.8) is 0 Å². The average Bonchev–Trinajstić information content (AvgIpc) is 2.60. The van der Waals surface area contributed by atoms with Gasteiger partial charge in [-0.1, -0.05) is 5.92 Å². The molecule has 0 radical (unpaired) electrons. The van der Waals surface area contributed by atoms with E-state index in [0.29, 0.717) is 4.88 Å². The number of hydrogen-bond acceptors (Lipinski definition) is 4. The quantitative estimate of drug-likeness (QED) is 0.821. The summed E-state index contributed by atoms with van der Waals surface area (Å²) in [6.45, 7) is 4.64. The van der Waals surface area contributed by atoms with Gasteiger partial charge in [0.1, 0.15) is 4.88 Å². The molecule has 0 amide bonds. The van der Waals surface area contributed by atoms with Crippen LogP contribution in [0.15, 0.2) is 11.0 Å². The molecular weight excluding hydrogens is 274 g/mol. The minimum absolute atomic E-state index is 0.0219. The molecule has 1 aromatic heterocycles. The summed E-state index contributed by atoms with van der Waals surface area (Å²) >= 11 is 0.913. The van der Waals surface area contributed by atoms with Crippen molar-refractivity contribution >= 4 is 27.3 Å². The molecule has 5 nitrogen and oxygen atoms in total. The Labute approximate surface area is 110 Å². The highest BCUT2D eigenvalue weighted by Gasteiger charge is 2.27. The first-order valence-corrected chi connectivity index (χ1v) is 7.24. The van der Waals surface area contributed by atoms with Crippen molar-refractivity contribution in [3.8, 4) is 12.3 Å². The molecule has 0 unspecified atom stereocenters. The van der Waals surface area contributed by atoms with Crippen LogP contribution in [0.5, 0.6) is 0 Å². The summed E-state index contributed by atoms with van der Waals surface area (Å²) in [6, 6.07) is 1.14. The number of terminal acetylenes is 1. The maximum atomic E-state index is 12.1. The van der Waals surface area contributed by atoms with E-state index in [-0.39, 0.29) is 9.77 Å². The lowest BCUT2D eigenvalue weighted by Gasteiger charge is -2.19. The second-order valence-electron chi connectivity index (χ2n) is 4.21. The standard InChI is InChI=1S/C11H13NO4S2/c1-5-11(3,4)12-18(15,16)9-6-8(10(13)14)17-7(9)2/h1,6,12H,2-4H3,(H,13,14). The van der Waals surface area contributed by atoms with Crippen LogP contribution in [0.2, 0.25) is 0 Å². The largest absolute Gasteiger partial charge is 0.477 e. The fourth-order valence-corrected chi connectivity index (χ4v) is 4.03. The molecule has 0 fully saturated rings. The lowest BCUT2D eigenvalue weighted by atomic mass is 10.1. The van der Waals surface area contributed by atoms with Gasteiger partial charge in [0.25, 0.3) is 0 Å². The van der Waals surface area contributed by atoms with Gasteiger partial charge in [-0.05, 0) is 26.8 Å². The molecule has 0 bridgehead atoms. The van der Waals surface area contributed by atoms with Crippen molar-refractivity contribution < 1.29 is 18.3 Å². The van der Waals surface area contributed by atoms with Crippen molar-refractivity contribution in [2.75, 3.05) is 0 Å². The van der Waals surface area contributed by atoms with Gasteiger partial charge in [-0.2, -0.15) is 4.72 Å². The van der Waals surface area contributed by atoms with Crippen LogP contribution in [0, 0.1) is 19.3 Å². The van der Waals surface area contributed by atoms with Gasteiger partial charge in [0.2, 0.25) is 10.0 Å². The first-order chi connectivity index (χ1) is 8.09. The van der Waals surface area contributed by atoms with Crippen molar-refractivity contribution in [2.24, 2.45) is 0 Å². The fourth-order valence-electron chi connectivity index (χ4n) is 1.26. The molecule has 1 heterocycles. The van der Waals surface area contributed by atoms with Crippen molar-refractivity contribution in [3.05, 3.63) is 15.8 Å². The first kappa shape index (κ1) is 14.7. The zero-order chi connectivity index (χ0) is 14.1. The highest BCUT2D eigenvalue weighted by atomic mass is 32.2. The Kier molecular flexibility index (Phi) is 3.86. The Morgan fingerprint density at radius 2 is 2.11 bits per heavy atom. The number of sulfonamides is 1. The molecule has 0 aliphatic rings. The van der Waals surface area contributed by atoms with Gasteiger partial charge in [0.05, 0.1) is 10.4 Å². The SMILES string of the molecule is C#CC(C)(C)NS(=O)(=O)c1cc(C(=O)O)sc1C.